The monoisotopic (exact) mass is 283 g/mol. The van der Waals surface area contributed by atoms with Gasteiger partial charge in [-0.3, -0.25) is 0 Å². The molecule has 101 valence electrons. The summed E-state index contributed by atoms with van der Waals surface area (Å²) in [5.41, 5.74) is 2.81. The minimum Gasteiger partial charge on any atom is -0.495 e. The number of rotatable bonds is 3. The zero-order valence-electron chi connectivity index (χ0n) is 11.7. The summed E-state index contributed by atoms with van der Waals surface area (Å²) < 4.78 is 5.58. The zero-order chi connectivity index (χ0) is 14.1. The van der Waals surface area contributed by atoms with Gasteiger partial charge in [0.15, 0.2) is 0 Å². The van der Waals surface area contributed by atoms with Gasteiger partial charge < -0.3 is 4.74 Å². The van der Waals surface area contributed by atoms with Gasteiger partial charge in [-0.25, -0.2) is 9.97 Å². The molecule has 0 bridgehead atoms. The van der Waals surface area contributed by atoms with Crippen LogP contribution in [-0.4, -0.2) is 17.1 Å². The third-order valence-electron chi connectivity index (χ3n) is 3.20. The zero-order valence-corrected chi connectivity index (χ0v) is 12.5. The van der Waals surface area contributed by atoms with Crippen LogP contribution in [0.1, 0.15) is 25.5 Å². The lowest BCUT2D eigenvalue weighted by Gasteiger charge is -2.08. The Labute approximate surface area is 122 Å². The van der Waals surface area contributed by atoms with E-state index in [2.05, 4.69) is 35.4 Å². The molecule has 3 rings (SSSR count). The number of methoxy groups -OCH3 is 1. The topological polar surface area (TPSA) is 35.0 Å². The number of para-hydroxylation sites is 1. The molecule has 2 heterocycles. The molecule has 0 saturated heterocycles. The Morgan fingerprint density at radius 2 is 2.05 bits per heavy atom. The molecule has 0 aliphatic carbocycles. The second-order valence-electron chi connectivity index (χ2n) is 4.88. The van der Waals surface area contributed by atoms with Gasteiger partial charge in [-0.2, -0.15) is 0 Å². The van der Waals surface area contributed by atoms with Crippen molar-refractivity contribution in [2.24, 2.45) is 0 Å². The van der Waals surface area contributed by atoms with Crippen molar-refractivity contribution < 1.29 is 4.74 Å². The molecule has 3 aromatic rings. The highest BCUT2D eigenvalue weighted by Gasteiger charge is 2.15. The number of nitrogens with zero attached hydrogens (tertiary/aromatic N) is 2. The predicted molar refractivity (Wildman–Crippen MR) is 82.3 cm³/mol. The lowest BCUT2D eigenvalue weighted by molar-refractivity contribution is 0.421. The number of aromatic nitrogens is 2. The maximum Gasteiger partial charge on any atom is 0.140 e. The van der Waals surface area contributed by atoms with Crippen molar-refractivity contribution in [1.29, 1.82) is 0 Å². The summed E-state index contributed by atoms with van der Waals surface area (Å²) in [7, 11) is 1.68. The van der Waals surface area contributed by atoms with Gasteiger partial charge in [0.05, 0.1) is 23.9 Å². The summed E-state index contributed by atoms with van der Waals surface area (Å²) in [6.07, 6.45) is 3.07. The molecule has 0 saturated carbocycles. The fraction of sp³-hybridized carbons (Fsp3) is 0.250. The minimum atomic E-state index is 0.416. The first-order valence-electron chi connectivity index (χ1n) is 6.51. The second kappa shape index (κ2) is 5.21. The Morgan fingerprint density at radius 1 is 1.25 bits per heavy atom. The van der Waals surface area contributed by atoms with E-state index in [9.17, 15) is 0 Å². The first-order chi connectivity index (χ1) is 9.70. The van der Waals surface area contributed by atoms with Gasteiger partial charge in [0.2, 0.25) is 0 Å². The average Bonchev–Trinajstić information content (AvgIpc) is 2.95. The van der Waals surface area contributed by atoms with Gasteiger partial charge in [-0.15, -0.1) is 11.3 Å². The Balaban J connectivity index is 2.19. The van der Waals surface area contributed by atoms with Crippen molar-refractivity contribution in [2.75, 3.05) is 7.11 Å². The molecule has 1 radical (unpaired) electrons. The van der Waals surface area contributed by atoms with Gasteiger partial charge in [-0.1, -0.05) is 26.0 Å². The summed E-state index contributed by atoms with van der Waals surface area (Å²) in [5.74, 6) is 1.21. The number of hydrogen-bond acceptors (Lipinski definition) is 4. The third-order valence-corrected chi connectivity index (χ3v) is 4.07. The van der Waals surface area contributed by atoms with Crippen LogP contribution >= 0.6 is 11.3 Å². The summed E-state index contributed by atoms with van der Waals surface area (Å²) >= 11 is 1.61. The van der Waals surface area contributed by atoms with E-state index in [1.54, 1.807) is 18.4 Å². The Kier molecular flexibility index (Phi) is 3.40. The maximum absolute atomic E-state index is 5.58. The van der Waals surface area contributed by atoms with Crippen LogP contribution in [0.3, 0.4) is 0 Å². The number of pyridine rings is 1. The molecular formula is C16H15N2OS. The lowest BCUT2D eigenvalue weighted by atomic mass is 10.1. The number of thiazole rings is 1. The van der Waals surface area contributed by atoms with Crippen molar-refractivity contribution in [3.63, 3.8) is 0 Å². The molecule has 0 unspecified atom stereocenters. The number of fused-ring (bicyclic) bond motifs is 1. The SMILES string of the molecule is COc1c(-c2nc(C(C)C)cs2)[c]nc2ccccc12. The van der Waals surface area contributed by atoms with Crippen LogP contribution in [0.4, 0.5) is 0 Å². The van der Waals surface area contributed by atoms with Gasteiger partial charge in [0.25, 0.3) is 0 Å². The molecule has 0 N–H and O–H groups in total. The minimum absolute atomic E-state index is 0.416. The third kappa shape index (κ3) is 2.16. The predicted octanol–water partition coefficient (Wildman–Crippen LogP) is 4.29. The molecule has 0 atom stereocenters. The summed E-state index contributed by atoms with van der Waals surface area (Å²) in [6.45, 7) is 4.27. The Bertz CT molecular complexity index is 749. The van der Waals surface area contributed by atoms with Crippen molar-refractivity contribution >= 4 is 22.2 Å². The van der Waals surface area contributed by atoms with Crippen LogP contribution in [0, 0.1) is 6.20 Å². The van der Waals surface area contributed by atoms with E-state index in [0.29, 0.717) is 5.92 Å². The van der Waals surface area contributed by atoms with Gasteiger partial charge in [0.1, 0.15) is 17.0 Å². The van der Waals surface area contributed by atoms with Gasteiger partial charge >= 0.3 is 0 Å². The maximum atomic E-state index is 5.58. The average molecular weight is 283 g/mol. The van der Waals surface area contributed by atoms with Crippen LogP contribution in [0.25, 0.3) is 21.5 Å². The van der Waals surface area contributed by atoms with Crippen LogP contribution in [0.15, 0.2) is 29.6 Å². The van der Waals surface area contributed by atoms with Crippen LogP contribution in [-0.2, 0) is 0 Å². The highest BCUT2D eigenvalue weighted by atomic mass is 32.1. The fourth-order valence-electron chi connectivity index (χ4n) is 2.09. The van der Waals surface area contributed by atoms with Crippen molar-refractivity contribution in [3.05, 3.63) is 41.5 Å². The molecule has 0 amide bonds. The highest BCUT2D eigenvalue weighted by Crippen LogP contribution is 2.37. The highest BCUT2D eigenvalue weighted by molar-refractivity contribution is 7.13. The number of benzene rings is 1. The van der Waals surface area contributed by atoms with E-state index in [0.717, 1.165) is 32.9 Å². The Morgan fingerprint density at radius 3 is 2.75 bits per heavy atom. The first-order valence-corrected chi connectivity index (χ1v) is 7.39. The van der Waals surface area contributed by atoms with E-state index in [1.807, 2.05) is 24.3 Å². The van der Waals surface area contributed by atoms with Crippen molar-refractivity contribution in [3.8, 4) is 16.3 Å². The van der Waals surface area contributed by atoms with Crippen LogP contribution in [0.5, 0.6) is 5.75 Å². The lowest BCUT2D eigenvalue weighted by Crippen LogP contribution is -1.93. The molecule has 0 spiro atoms. The quantitative estimate of drug-likeness (QED) is 0.719. The van der Waals surface area contributed by atoms with E-state index in [1.165, 1.54) is 0 Å². The molecular weight excluding hydrogens is 268 g/mol. The van der Waals surface area contributed by atoms with Crippen LogP contribution in [0.2, 0.25) is 0 Å². The summed E-state index contributed by atoms with van der Waals surface area (Å²) in [5, 5.41) is 3.98. The van der Waals surface area contributed by atoms with E-state index in [4.69, 9.17) is 4.74 Å². The number of hydrogen-bond donors (Lipinski definition) is 0. The van der Waals surface area contributed by atoms with Gasteiger partial charge in [-0.05, 0) is 18.1 Å². The van der Waals surface area contributed by atoms with Crippen molar-refractivity contribution in [1.82, 2.24) is 9.97 Å². The summed E-state index contributed by atoms with van der Waals surface area (Å²) in [6, 6.07) is 7.91. The first kappa shape index (κ1) is 13.1. The Hall–Kier alpha value is -1.94. The second-order valence-corrected chi connectivity index (χ2v) is 5.74. The normalized spacial score (nSPS) is 11.2. The molecule has 0 fully saturated rings. The van der Waals surface area contributed by atoms with E-state index < -0.39 is 0 Å². The standard InChI is InChI=1S/C16H15N2OS/c1-10(2)14-9-20-16(18-14)12-8-17-13-7-5-4-6-11(13)15(12)19-3/h4-7,9-10H,1-3H3. The molecule has 1 aromatic carbocycles. The summed E-state index contributed by atoms with van der Waals surface area (Å²) in [4.78, 5) is 9.04. The largest absolute Gasteiger partial charge is 0.495 e. The van der Waals surface area contributed by atoms with Crippen molar-refractivity contribution in [2.45, 2.75) is 19.8 Å². The molecule has 0 aliphatic rings. The van der Waals surface area contributed by atoms with Gasteiger partial charge in [0, 0.05) is 10.8 Å². The van der Waals surface area contributed by atoms with E-state index >= 15 is 0 Å². The van der Waals surface area contributed by atoms with E-state index in [-0.39, 0.29) is 0 Å². The number of ether oxygens (including phenoxy) is 1. The molecule has 4 heteroatoms. The molecule has 20 heavy (non-hydrogen) atoms. The fourth-order valence-corrected chi connectivity index (χ4v) is 3.06. The molecule has 3 nitrogen and oxygen atoms in total. The van der Waals surface area contributed by atoms with Crippen LogP contribution < -0.4 is 4.74 Å². The molecule has 2 aromatic heterocycles. The smallest absolute Gasteiger partial charge is 0.140 e. The molecule has 0 aliphatic heterocycles.